The quantitative estimate of drug-likeness (QED) is 0.672. The molecule has 0 amide bonds. The minimum atomic E-state index is 0.444. The number of anilines is 2. The maximum absolute atomic E-state index is 3.54. The Labute approximate surface area is 84.9 Å². The van der Waals surface area contributed by atoms with E-state index in [1.165, 1.54) is 29.8 Å². The molecule has 74 valence electrons. The Kier molecular flexibility index (Phi) is 1.42. The molecule has 0 aromatic heterocycles. The van der Waals surface area contributed by atoms with Crippen molar-refractivity contribution in [3.63, 3.8) is 0 Å². The van der Waals surface area contributed by atoms with E-state index in [1.807, 2.05) is 0 Å². The Morgan fingerprint density at radius 3 is 2.86 bits per heavy atom. The highest BCUT2D eigenvalue weighted by atomic mass is 15.3. The number of para-hydroxylation sites is 1. The lowest BCUT2D eigenvalue weighted by Gasteiger charge is -2.38. The molecule has 1 N–H and O–H groups in total. The Hall–Kier alpha value is -1.18. The fraction of sp³-hybridized carbons (Fsp3) is 0.500. The topological polar surface area (TPSA) is 15.3 Å². The zero-order valence-electron chi connectivity index (χ0n) is 8.80. The van der Waals surface area contributed by atoms with Gasteiger partial charge in [-0.2, -0.15) is 0 Å². The number of nitrogens with zero attached hydrogens (tertiary/aromatic N) is 1. The average molecular weight is 188 g/mol. The molecule has 0 radical (unpaired) electrons. The molecule has 1 aliphatic carbocycles. The molecule has 3 rings (SSSR count). The number of nitrogens with one attached hydrogen (secondary N) is 1. The van der Waals surface area contributed by atoms with Crippen LogP contribution in [0.5, 0.6) is 0 Å². The van der Waals surface area contributed by atoms with Crippen LogP contribution in [0, 0.1) is 6.92 Å². The van der Waals surface area contributed by atoms with Crippen LogP contribution in [0.25, 0.3) is 0 Å². The van der Waals surface area contributed by atoms with Gasteiger partial charge in [0.15, 0.2) is 0 Å². The van der Waals surface area contributed by atoms with Gasteiger partial charge in [0.1, 0.15) is 0 Å². The zero-order chi connectivity index (χ0) is 9.76. The molecular weight excluding hydrogens is 172 g/mol. The molecule has 0 bridgehead atoms. The summed E-state index contributed by atoms with van der Waals surface area (Å²) in [6.45, 7) is 3.30. The fourth-order valence-corrected chi connectivity index (χ4v) is 2.52. The summed E-state index contributed by atoms with van der Waals surface area (Å²) in [5.41, 5.74) is 4.52. The molecule has 1 aliphatic heterocycles. The van der Waals surface area contributed by atoms with E-state index >= 15 is 0 Å². The van der Waals surface area contributed by atoms with Crippen molar-refractivity contribution >= 4 is 11.4 Å². The van der Waals surface area contributed by atoms with Crippen LogP contribution in [-0.4, -0.2) is 19.1 Å². The van der Waals surface area contributed by atoms with E-state index in [2.05, 4.69) is 42.4 Å². The van der Waals surface area contributed by atoms with Crippen LogP contribution in [0.1, 0.15) is 18.4 Å². The Bertz CT molecular complexity index is 380. The van der Waals surface area contributed by atoms with Gasteiger partial charge in [-0.1, -0.05) is 12.1 Å². The first kappa shape index (κ1) is 8.16. The van der Waals surface area contributed by atoms with Crippen molar-refractivity contribution in [1.29, 1.82) is 0 Å². The minimum Gasteiger partial charge on any atom is -0.381 e. The van der Waals surface area contributed by atoms with E-state index in [9.17, 15) is 0 Å². The third-order valence-corrected chi connectivity index (χ3v) is 3.72. The van der Waals surface area contributed by atoms with Crippen LogP contribution in [-0.2, 0) is 0 Å². The van der Waals surface area contributed by atoms with Crippen molar-refractivity contribution in [3.8, 4) is 0 Å². The molecule has 14 heavy (non-hydrogen) atoms. The largest absolute Gasteiger partial charge is 0.381 e. The lowest BCUT2D eigenvalue weighted by molar-refractivity contribution is 0.639. The molecule has 0 atom stereocenters. The summed E-state index contributed by atoms with van der Waals surface area (Å²) < 4.78 is 0. The standard InChI is InChI=1S/C12H16N2/c1-9-4-3-5-10-11(9)14(2)12(6-7-12)8-13-10/h3-5,13H,6-8H2,1-2H3. The van der Waals surface area contributed by atoms with Gasteiger partial charge in [0.25, 0.3) is 0 Å². The number of rotatable bonds is 0. The van der Waals surface area contributed by atoms with E-state index < -0.39 is 0 Å². The maximum atomic E-state index is 3.54. The van der Waals surface area contributed by atoms with Gasteiger partial charge in [-0.25, -0.2) is 0 Å². The van der Waals surface area contributed by atoms with Crippen molar-refractivity contribution in [2.24, 2.45) is 0 Å². The van der Waals surface area contributed by atoms with Gasteiger partial charge in [-0.15, -0.1) is 0 Å². The second-order valence-corrected chi connectivity index (χ2v) is 4.61. The normalized spacial score (nSPS) is 21.7. The fourth-order valence-electron chi connectivity index (χ4n) is 2.52. The molecule has 1 spiro atoms. The molecule has 1 saturated carbocycles. The number of benzene rings is 1. The predicted molar refractivity (Wildman–Crippen MR) is 60.0 cm³/mol. The minimum absolute atomic E-state index is 0.444. The molecule has 2 aliphatic rings. The highest BCUT2D eigenvalue weighted by molar-refractivity contribution is 5.77. The van der Waals surface area contributed by atoms with Crippen molar-refractivity contribution in [1.82, 2.24) is 0 Å². The molecule has 1 fully saturated rings. The van der Waals surface area contributed by atoms with Crippen molar-refractivity contribution in [3.05, 3.63) is 23.8 Å². The van der Waals surface area contributed by atoms with E-state index in [1.54, 1.807) is 0 Å². The Balaban J connectivity index is 2.13. The van der Waals surface area contributed by atoms with Crippen LogP contribution in [0.3, 0.4) is 0 Å². The van der Waals surface area contributed by atoms with Crippen LogP contribution < -0.4 is 10.2 Å². The monoisotopic (exact) mass is 188 g/mol. The number of aryl methyl sites for hydroxylation is 1. The van der Waals surface area contributed by atoms with E-state index in [4.69, 9.17) is 0 Å². The third kappa shape index (κ3) is 0.912. The van der Waals surface area contributed by atoms with Crippen LogP contribution in [0.15, 0.2) is 18.2 Å². The highest BCUT2D eigenvalue weighted by Gasteiger charge is 2.49. The smallest absolute Gasteiger partial charge is 0.0634 e. The van der Waals surface area contributed by atoms with Crippen LogP contribution in [0.4, 0.5) is 11.4 Å². The average Bonchev–Trinajstić information content (AvgIpc) is 2.93. The highest BCUT2D eigenvalue weighted by Crippen LogP contribution is 2.49. The molecule has 1 heterocycles. The third-order valence-electron chi connectivity index (χ3n) is 3.72. The lowest BCUT2D eigenvalue weighted by Crippen LogP contribution is -2.44. The molecular formula is C12H16N2. The van der Waals surface area contributed by atoms with Gasteiger partial charge in [0, 0.05) is 13.6 Å². The SMILES string of the molecule is Cc1cccc2c1N(C)C1(CC1)CN2. The zero-order valence-corrected chi connectivity index (χ0v) is 8.80. The van der Waals surface area contributed by atoms with E-state index in [0.29, 0.717) is 5.54 Å². The van der Waals surface area contributed by atoms with Gasteiger partial charge in [0.2, 0.25) is 0 Å². The van der Waals surface area contributed by atoms with Gasteiger partial charge in [0.05, 0.1) is 16.9 Å². The number of fused-ring (bicyclic) bond motifs is 1. The van der Waals surface area contributed by atoms with E-state index in [-0.39, 0.29) is 0 Å². The first-order valence-electron chi connectivity index (χ1n) is 5.30. The summed E-state index contributed by atoms with van der Waals surface area (Å²) in [6.07, 6.45) is 2.68. The lowest BCUT2D eigenvalue weighted by atomic mass is 10.0. The summed E-state index contributed by atoms with van der Waals surface area (Å²) in [5.74, 6) is 0. The number of hydrogen-bond acceptors (Lipinski definition) is 2. The molecule has 0 saturated heterocycles. The molecule has 1 aromatic carbocycles. The molecule has 2 heteroatoms. The first-order chi connectivity index (χ1) is 6.73. The van der Waals surface area contributed by atoms with Gasteiger partial charge < -0.3 is 10.2 Å². The van der Waals surface area contributed by atoms with Crippen LogP contribution in [0.2, 0.25) is 0 Å². The molecule has 2 nitrogen and oxygen atoms in total. The van der Waals surface area contributed by atoms with E-state index in [0.717, 1.165) is 6.54 Å². The predicted octanol–water partition coefficient (Wildman–Crippen LogP) is 2.39. The summed E-state index contributed by atoms with van der Waals surface area (Å²) >= 11 is 0. The summed E-state index contributed by atoms with van der Waals surface area (Å²) in [7, 11) is 2.24. The first-order valence-corrected chi connectivity index (χ1v) is 5.30. The second-order valence-electron chi connectivity index (χ2n) is 4.61. The second kappa shape index (κ2) is 2.44. The summed E-state index contributed by atoms with van der Waals surface area (Å²) in [5, 5.41) is 3.54. The van der Waals surface area contributed by atoms with Gasteiger partial charge >= 0.3 is 0 Å². The number of likely N-dealkylation sites (N-methyl/N-ethyl adjacent to an activating group) is 1. The van der Waals surface area contributed by atoms with Gasteiger partial charge in [-0.3, -0.25) is 0 Å². The molecule has 0 unspecified atom stereocenters. The molecule has 1 aromatic rings. The maximum Gasteiger partial charge on any atom is 0.0634 e. The van der Waals surface area contributed by atoms with Gasteiger partial charge in [-0.05, 0) is 31.4 Å². The summed E-state index contributed by atoms with van der Waals surface area (Å²) in [4.78, 5) is 2.48. The van der Waals surface area contributed by atoms with Crippen molar-refractivity contribution < 1.29 is 0 Å². The summed E-state index contributed by atoms with van der Waals surface area (Å²) in [6, 6.07) is 6.49. The van der Waals surface area contributed by atoms with Crippen LogP contribution >= 0.6 is 0 Å². The van der Waals surface area contributed by atoms with Crippen molar-refractivity contribution in [2.45, 2.75) is 25.3 Å². The Morgan fingerprint density at radius 2 is 2.14 bits per heavy atom. The number of hydrogen-bond donors (Lipinski definition) is 1. The van der Waals surface area contributed by atoms with Crippen molar-refractivity contribution in [2.75, 3.05) is 23.8 Å². The Morgan fingerprint density at radius 1 is 1.36 bits per heavy atom.